The van der Waals surface area contributed by atoms with Crippen LogP contribution in [0.4, 0.5) is 24.7 Å². The molecule has 1 amide bonds. The average molecular weight is 432 g/mol. The van der Waals surface area contributed by atoms with Crippen molar-refractivity contribution >= 4 is 29.0 Å². The molecule has 0 saturated carbocycles. The lowest BCUT2D eigenvalue weighted by Gasteiger charge is -2.32. The van der Waals surface area contributed by atoms with Crippen LogP contribution in [-0.4, -0.2) is 56.4 Å². The maximum atomic E-state index is 12.5. The number of alkyl halides is 3. The van der Waals surface area contributed by atoms with Gasteiger partial charge in [0.1, 0.15) is 0 Å². The van der Waals surface area contributed by atoms with E-state index in [1.807, 2.05) is 6.92 Å². The Bertz CT molecular complexity index is 878. The van der Waals surface area contributed by atoms with Crippen LogP contribution < -0.4 is 11.1 Å². The van der Waals surface area contributed by atoms with E-state index in [0.717, 1.165) is 0 Å². The fraction of sp³-hybridized carbons (Fsp3) is 0.529. The van der Waals surface area contributed by atoms with E-state index in [1.165, 1.54) is 11.1 Å². The molecule has 0 radical (unpaired) electrons. The Hall–Kier alpha value is -2.40. The normalized spacial score (nSPS) is 16.2. The average Bonchev–Trinajstić information content (AvgIpc) is 3.09. The Kier molecular flexibility index (Phi) is 6.27. The van der Waals surface area contributed by atoms with Gasteiger partial charge in [0.25, 0.3) is 5.91 Å². The molecule has 2 aromatic heterocycles. The number of hydrogen-bond donors (Lipinski definition) is 2. The summed E-state index contributed by atoms with van der Waals surface area (Å²) in [6.45, 7) is 1.63. The summed E-state index contributed by atoms with van der Waals surface area (Å²) in [4.78, 5) is 21.4. The smallest absolute Gasteiger partial charge is 0.364 e. The summed E-state index contributed by atoms with van der Waals surface area (Å²) in [7, 11) is 0. The summed E-state index contributed by atoms with van der Waals surface area (Å²) >= 11 is 6.09. The van der Waals surface area contributed by atoms with Crippen molar-refractivity contribution in [2.24, 2.45) is 5.73 Å². The zero-order valence-electron chi connectivity index (χ0n) is 15.7. The number of carbonyl (C=O) groups excluding carboxylic acids is 1. The number of halogens is 4. The van der Waals surface area contributed by atoms with Crippen LogP contribution in [0.15, 0.2) is 12.4 Å². The number of aryl methyl sites for hydroxylation is 1. The lowest BCUT2D eigenvalue weighted by atomic mass is 10.1. The highest BCUT2D eigenvalue weighted by Crippen LogP contribution is 2.27. The van der Waals surface area contributed by atoms with Crippen molar-refractivity contribution in [3.05, 3.63) is 28.9 Å². The van der Waals surface area contributed by atoms with E-state index in [0.29, 0.717) is 43.7 Å². The van der Waals surface area contributed by atoms with Crippen LogP contribution >= 0.6 is 11.6 Å². The lowest BCUT2D eigenvalue weighted by molar-refractivity contribution is -0.148. The number of carbonyl (C=O) groups is 1. The van der Waals surface area contributed by atoms with Gasteiger partial charge in [-0.15, -0.1) is 0 Å². The number of hydrogen-bond acceptors (Lipinski definition) is 6. The SMILES string of the molecule is CCc1nc(C(N)=O)c(Nc2cnn(C3CCN(CC(F)(F)F)CC3)c2)nc1Cl. The third kappa shape index (κ3) is 5.36. The second-order valence-corrected chi connectivity index (χ2v) is 7.19. The van der Waals surface area contributed by atoms with Crippen molar-refractivity contribution in [2.45, 2.75) is 38.4 Å². The maximum absolute atomic E-state index is 12.5. The molecular formula is C17H21ClF3N7O. The molecule has 3 N–H and O–H groups in total. The first-order valence-corrected chi connectivity index (χ1v) is 9.50. The largest absolute Gasteiger partial charge is 0.401 e. The second kappa shape index (κ2) is 8.54. The molecule has 8 nitrogen and oxygen atoms in total. The quantitative estimate of drug-likeness (QED) is 0.729. The van der Waals surface area contributed by atoms with Crippen LogP contribution in [0.2, 0.25) is 5.15 Å². The fourth-order valence-electron chi connectivity index (χ4n) is 3.27. The van der Waals surface area contributed by atoms with Gasteiger partial charge in [-0.1, -0.05) is 18.5 Å². The summed E-state index contributed by atoms with van der Waals surface area (Å²) < 4.78 is 39.2. The number of anilines is 2. The molecule has 1 saturated heterocycles. The van der Waals surface area contributed by atoms with Crippen LogP contribution in [-0.2, 0) is 6.42 Å². The van der Waals surface area contributed by atoms with E-state index in [4.69, 9.17) is 17.3 Å². The van der Waals surface area contributed by atoms with Crippen LogP contribution in [0.3, 0.4) is 0 Å². The van der Waals surface area contributed by atoms with Crippen molar-refractivity contribution in [3.63, 3.8) is 0 Å². The van der Waals surface area contributed by atoms with Gasteiger partial charge in [0.2, 0.25) is 0 Å². The molecule has 3 heterocycles. The van der Waals surface area contributed by atoms with E-state index in [2.05, 4.69) is 20.4 Å². The Balaban J connectivity index is 1.69. The molecule has 2 aromatic rings. The lowest BCUT2D eigenvalue weighted by Crippen LogP contribution is -2.40. The first-order valence-electron chi connectivity index (χ1n) is 9.12. The first kappa shape index (κ1) is 21.3. The van der Waals surface area contributed by atoms with E-state index >= 15 is 0 Å². The molecule has 0 bridgehead atoms. The number of piperidine rings is 1. The van der Waals surface area contributed by atoms with Gasteiger partial charge in [-0.25, -0.2) is 9.97 Å². The third-order valence-electron chi connectivity index (χ3n) is 4.69. The molecule has 0 atom stereocenters. The summed E-state index contributed by atoms with van der Waals surface area (Å²) in [5.74, 6) is -0.616. The van der Waals surface area contributed by atoms with Crippen molar-refractivity contribution in [3.8, 4) is 0 Å². The maximum Gasteiger partial charge on any atom is 0.401 e. The molecule has 29 heavy (non-hydrogen) atoms. The molecule has 1 aliphatic rings. The zero-order valence-corrected chi connectivity index (χ0v) is 16.5. The Labute approximate surface area is 170 Å². The van der Waals surface area contributed by atoms with Crippen LogP contribution in [0.1, 0.15) is 42.0 Å². The van der Waals surface area contributed by atoms with Crippen molar-refractivity contribution in [1.82, 2.24) is 24.6 Å². The highest BCUT2D eigenvalue weighted by atomic mass is 35.5. The number of aromatic nitrogens is 4. The molecule has 0 spiro atoms. The molecule has 158 valence electrons. The van der Waals surface area contributed by atoms with Crippen molar-refractivity contribution < 1.29 is 18.0 Å². The van der Waals surface area contributed by atoms with Crippen LogP contribution in [0, 0.1) is 0 Å². The standard InChI is InChI=1S/C17H21ClF3N7O/c1-2-12-14(18)26-16(13(25-12)15(22)29)24-10-7-23-28(8-10)11-3-5-27(6-4-11)9-17(19,20)21/h7-8,11H,2-6,9H2,1H3,(H2,22,29)(H,24,26). The van der Waals surface area contributed by atoms with Gasteiger partial charge in [0.15, 0.2) is 16.7 Å². The summed E-state index contributed by atoms with van der Waals surface area (Å²) in [5.41, 5.74) is 6.37. The predicted octanol–water partition coefficient (Wildman–Crippen LogP) is 2.93. The number of nitrogens with one attached hydrogen (secondary N) is 1. The summed E-state index contributed by atoms with van der Waals surface area (Å²) in [5, 5.41) is 7.40. The highest BCUT2D eigenvalue weighted by molar-refractivity contribution is 6.30. The number of nitrogens with two attached hydrogens (primary N) is 1. The van der Waals surface area contributed by atoms with Gasteiger partial charge >= 0.3 is 6.18 Å². The molecule has 12 heteroatoms. The minimum atomic E-state index is -4.19. The first-order chi connectivity index (χ1) is 13.7. The number of likely N-dealkylation sites (tertiary alicyclic amines) is 1. The van der Waals surface area contributed by atoms with Crippen molar-refractivity contribution in [1.29, 1.82) is 0 Å². The van der Waals surface area contributed by atoms with Crippen LogP contribution in [0.25, 0.3) is 0 Å². The van der Waals surface area contributed by atoms with Gasteiger partial charge in [-0.3, -0.25) is 14.4 Å². The molecule has 3 rings (SSSR count). The minimum Gasteiger partial charge on any atom is -0.364 e. The number of rotatable bonds is 6. The van der Waals surface area contributed by atoms with Gasteiger partial charge in [-0.2, -0.15) is 18.3 Å². The molecule has 1 fully saturated rings. The monoisotopic (exact) mass is 431 g/mol. The molecular weight excluding hydrogens is 411 g/mol. The zero-order chi connectivity index (χ0) is 21.2. The summed E-state index contributed by atoms with van der Waals surface area (Å²) in [6, 6.07) is -0.0113. The van der Waals surface area contributed by atoms with Gasteiger partial charge < -0.3 is 11.1 Å². The third-order valence-corrected chi connectivity index (χ3v) is 4.99. The number of nitrogens with zero attached hydrogens (tertiary/aromatic N) is 5. The molecule has 0 aliphatic carbocycles. The van der Waals surface area contributed by atoms with E-state index in [1.54, 1.807) is 10.9 Å². The van der Waals surface area contributed by atoms with E-state index < -0.39 is 18.6 Å². The number of primary amides is 1. The van der Waals surface area contributed by atoms with Gasteiger partial charge in [0.05, 0.1) is 30.2 Å². The van der Waals surface area contributed by atoms with Gasteiger partial charge in [0, 0.05) is 19.3 Å². The Morgan fingerprint density at radius 1 is 1.34 bits per heavy atom. The van der Waals surface area contributed by atoms with E-state index in [9.17, 15) is 18.0 Å². The molecule has 0 unspecified atom stereocenters. The Morgan fingerprint density at radius 2 is 2.03 bits per heavy atom. The predicted molar refractivity (Wildman–Crippen MR) is 101 cm³/mol. The highest BCUT2D eigenvalue weighted by Gasteiger charge is 2.33. The minimum absolute atomic E-state index is 0.0113. The van der Waals surface area contributed by atoms with Gasteiger partial charge in [-0.05, 0) is 19.3 Å². The van der Waals surface area contributed by atoms with Crippen molar-refractivity contribution in [2.75, 3.05) is 25.0 Å². The number of amides is 1. The fourth-order valence-corrected chi connectivity index (χ4v) is 3.53. The van der Waals surface area contributed by atoms with E-state index in [-0.39, 0.29) is 22.7 Å². The second-order valence-electron chi connectivity index (χ2n) is 6.83. The summed E-state index contributed by atoms with van der Waals surface area (Å²) in [6.07, 6.45) is 0.663. The molecule has 1 aliphatic heterocycles. The topological polar surface area (TPSA) is 102 Å². The molecule has 0 aromatic carbocycles. The Morgan fingerprint density at radius 3 is 2.62 bits per heavy atom. The van der Waals surface area contributed by atoms with Crippen LogP contribution in [0.5, 0.6) is 0 Å².